The minimum absolute atomic E-state index is 0.0351. The molecule has 0 fully saturated rings. The average Bonchev–Trinajstić information content (AvgIpc) is 2.76. The Balaban J connectivity index is 1.93. The van der Waals surface area contributed by atoms with Crippen molar-refractivity contribution >= 4 is 45.7 Å². The number of rotatable bonds is 5. The molecule has 0 radical (unpaired) electrons. The summed E-state index contributed by atoms with van der Waals surface area (Å²) in [6.45, 7) is 3.71. The van der Waals surface area contributed by atoms with E-state index in [1.165, 1.54) is 10.6 Å². The van der Waals surface area contributed by atoms with Crippen LogP contribution >= 0.6 is 23.2 Å². The maximum absolute atomic E-state index is 13.1. The molecule has 0 spiro atoms. The van der Waals surface area contributed by atoms with E-state index in [9.17, 15) is 14.4 Å². The second-order valence-electron chi connectivity index (χ2n) is 6.99. The normalized spacial score (nSPS) is 11.1. The highest BCUT2D eigenvalue weighted by Gasteiger charge is 2.14. The Morgan fingerprint density at radius 3 is 2.48 bits per heavy atom. The topological polar surface area (TPSA) is 68.2 Å². The van der Waals surface area contributed by atoms with E-state index in [2.05, 4.69) is 5.32 Å². The van der Waals surface area contributed by atoms with Crippen LogP contribution < -0.4 is 16.3 Å². The van der Waals surface area contributed by atoms with Crippen molar-refractivity contribution in [2.45, 2.75) is 32.7 Å². The van der Waals surface area contributed by atoms with Gasteiger partial charge in [-0.2, -0.15) is 0 Å². The van der Waals surface area contributed by atoms with Crippen molar-refractivity contribution in [3.8, 4) is 0 Å². The quantitative estimate of drug-likeness (QED) is 0.630. The highest BCUT2D eigenvalue weighted by molar-refractivity contribution is 6.35. The molecule has 0 bridgehead atoms. The average molecular weight is 431 g/mol. The Morgan fingerprint density at radius 2 is 1.79 bits per heavy atom. The van der Waals surface area contributed by atoms with Gasteiger partial charge in [0.2, 0.25) is 5.91 Å². The van der Waals surface area contributed by atoms with Gasteiger partial charge < -0.3 is 9.88 Å². The molecule has 1 aromatic heterocycles. The van der Waals surface area contributed by atoms with Gasteiger partial charge in [0.1, 0.15) is 5.69 Å². The number of hydrogen-bond donors (Lipinski definition) is 1. The lowest BCUT2D eigenvalue weighted by atomic mass is 10.1. The van der Waals surface area contributed by atoms with Crippen LogP contribution in [-0.4, -0.2) is 10.5 Å². The molecule has 29 heavy (non-hydrogen) atoms. The molecule has 1 heterocycles. The second kappa shape index (κ2) is 8.80. The number of para-hydroxylation sites is 1. The van der Waals surface area contributed by atoms with E-state index in [0.717, 1.165) is 5.56 Å². The first kappa shape index (κ1) is 21.1. The summed E-state index contributed by atoms with van der Waals surface area (Å²) in [6.07, 6.45) is 0.486. The predicted molar refractivity (Wildman–Crippen MR) is 118 cm³/mol. The van der Waals surface area contributed by atoms with Crippen molar-refractivity contribution in [2.75, 3.05) is 5.32 Å². The van der Waals surface area contributed by atoms with Gasteiger partial charge in [-0.25, -0.2) is 0 Å². The van der Waals surface area contributed by atoms with E-state index >= 15 is 0 Å². The molecule has 0 aliphatic carbocycles. The number of halogens is 2. The van der Waals surface area contributed by atoms with Crippen LogP contribution in [0.3, 0.4) is 0 Å². The summed E-state index contributed by atoms with van der Waals surface area (Å²) >= 11 is 12.0. The van der Waals surface area contributed by atoms with Gasteiger partial charge in [-0.15, -0.1) is 0 Å². The Labute approximate surface area is 177 Å². The van der Waals surface area contributed by atoms with Crippen LogP contribution in [0.15, 0.2) is 58.1 Å². The third-order valence-corrected chi connectivity index (χ3v) is 5.17. The molecule has 5 nitrogen and oxygen atoms in total. The predicted octanol–water partition coefficient (Wildman–Crippen LogP) is 4.82. The fourth-order valence-corrected chi connectivity index (χ4v) is 3.69. The number of carbonyl (C=O) groups is 1. The number of hydrogen-bond acceptors (Lipinski definition) is 3. The first-order valence-corrected chi connectivity index (χ1v) is 9.96. The molecule has 0 atom stereocenters. The Hall–Kier alpha value is -2.63. The smallest absolute Gasteiger partial charge is 0.275 e. The zero-order chi connectivity index (χ0) is 21.1. The summed E-state index contributed by atoms with van der Waals surface area (Å²) in [6, 6.07) is 13.0. The Bertz CT molecular complexity index is 1200. The van der Waals surface area contributed by atoms with Crippen LogP contribution in [-0.2, 0) is 11.2 Å². The molecule has 1 amide bonds. The highest BCUT2D eigenvalue weighted by Crippen LogP contribution is 2.22. The van der Waals surface area contributed by atoms with Crippen molar-refractivity contribution in [2.24, 2.45) is 0 Å². The van der Waals surface area contributed by atoms with Crippen LogP contribution in [0, 0.1) is 0 Å². The summed E-state index contributed by atoms with van der Waals surface area (Å²) < 4.78 is 1.52. The lowest BCUT2D eigenvalue weighted by Gasteiger charge is -2.12. The van der Waals surface area contributed by atoms with Crippen molar-refractivity contribution in [3.63, 3.8) is 0 Å². The van der Waals surface area contributed by atoms with E-state index in [0.29, 0.717) is 27.4 Å². The Kier molecular flexibility index (Phi) is 6.40. The lowest BCUT2D eigenvalue weighted by Crippen LogP contribution is -2.25. The second-order valence-corrected chi connectivity index (χ2v) is 7.84. The maximum Gasteiger partial charge on any atom is 0.275 e. The summed E-state index contributed by atoms with van der Waals surface area (Å²) in [5, 5.41) is 4.02. The SMILES string of the molecule is CC(C)n1c(=O)c(NC(=O)CCc2ccc(Cl)cc2Cl)cc(=O)c2ccccc21. The molecule has 3 aromatic rings. The highest BCUT2D eigenvalue weighted by atomic mass is 35.5. The van der Waals surface area contributed by atoms with Gasteiger partial charge in [0.15, 0.2) is 5.43 Å². The fourth-order valence-electron chi connectivity index (χ4n) is 3.19. The Morgan fingerprint density at radius 1 is 1.07 bits per heavy atom. The van der Waals surface area contributed by atoms with E-state index in [-0.39, 0.29) is 29.5 Å². The van der Waals surface area contributed by atoms with E-state index in [4.69, 9.17) is 23.2 Å². The van der Waals surface area contributed by atoms with Gasteiger partial charge in [-0.1, -0.05) is 41.4 Å². The number of aryl methyl sites for hydroxylation is 1. The lowest BCUT2D eigenvalue weighted by molar-refractivity contribution is -0.116. The number of benzene rings is 2. The van der Waals surface area contributed by atoms with Crippen LogP contribution in [0.5, 0.6) is 0 Å². The van der Waals surface area contributed by atoms with Crippen LogP contribution in [0.25, 0.3) is 10.9 Å². The number of fused-ring (bicyclic) bond motifs is 1. The summed E-state index contributed by atoms with van der Waals surface area (Å²) in [7, 11) is 0. The molecule has 7 heteroatoms. The maximum atomic E-state index is 13.1. The summed E-state index contributed by atoms with van der Waals surface area (Å²) in [5.41, 5.74) is 0.530. The van der Waals surface area contributed by atoms with Gasteiger partial charge >= 0.3 is 0 Å². The van der Waals surface area contributed by atoms with E-state index in [1.807, 2.05) is 13.8 Å². The third kappa shape index (κ3) is 4.69. The number of amides is 1. The molecule has 0 saturated heterocycles. The molecular formula is C22H20Cl2N2O3. The molecule has 150 valence electrons. The van der Waals surface area contributed by atoms with Gasteiger partial charge in [0.05, 0.1) is 5.52 Å². The summed E-state index contributed by atoms with van der Waals surface area (Å²) in [5.74, 6) is -0.377. The monoisotopic (exact) mass is 430 g/mol. The minimum Gasteiger partial charge on any atom is -0.321 e. The van der Waals surface area contributed by atoms with Crippen molar-refractivity contribution in [3.05, 3.63) is 84.7 Å². The van der Waals surface area contributed by atoms with Crippen LogP contribution in [0.1, 0.15) is 31.9 Å². The van der Waals surface area contributed by atoms with Gasteiger partial charge in [-0.05, 0) is 50.1 Å². The van der Waals surface area contributed by atoms with Gasteiger partial charge in [-0.3, -0.25) is 14.4 Å². The van der Waals surface area contributed by atoms with E-state index in [1.54, 1.807) is 42.5 Å². The molecule has 0 unspecified atom stereocenters. The van der Waals surface area contributed by atoms with Crippen molar-refractivity contribution < 1.29 is 4.79 Å². The number of nitrogens with one attached hydrogen (secondary N) is 1. The fraction of sp³-hybridized carbons (Fsp3) is 0.227. The van der Waals surface area contributed by atoms with Crippen LogP contribution in [0.4, 0.5) is 5.69 Å². The number of carbonyl (C=O) groups excluding carboxylic acids is 1. The standard InChI is InChI=1S/C22H20Cl2N2O3/c1-13(2)26-19-6-4-3-5-16(19)20(27)12-18(22(26)29)25-21(28)10-8-14-7-9-15(23)11-17(14)24/h3-7,9,11-13H,8,10H2,1-2H3,(H,25,28). The number of aromatic nitrogens is 1. The minimum atomic E-state index is -0.420. The molecule has 2 aromatic carbocycles. The number of anilines is 1. The van der Waals surface area contributed by atoms with Crippen molar-refractivity contribution in [1.29, 1.82) is 0 Å². The third-order valence-electron chi connectivity index (χ3n) is 4.58. The zero-order valence-electron chi connectivity index (χ0n) is 16.0. The first-order chi connectivity index (χ1) is 13.8. The molecule has 0 saturated carbocycles. The molecular weight excluding hydrogens is 411 g/mol. The molecule has 3 rings (SSSR count). The zero-order valence-corrected chi connectivity index (χ0v) is 17.6. The summed E-state index contributed by atoms with van der Waals surface area (Å²) in [4.78, 5) is 38.2. The van der Waals surface area contributed by atoms with Crippen molar-refractivity contribution in [1.82, 2.24) is 4.57 Å². The van der Waals surface area contributed by atoms with Gasteiger partial charge in [0, 0.05) is 34.0 Å². The first-order valence-electron chi connectivity index (χ1n) is 9.20. The van der Waals surface area contributed by atoms with Gasteiger partial charge in [0.25, 0.3) is 5.56 Å². The largest absolute Gasteiger partial charge is 0.321 e. The molecule has 0 aliphatic heterocycles. The molecule has 1 N–H and O–H groups in total. The number of nitrogens with zero attached hydrogens (tertiary/aromatic N) is 1. The van der Waals surface area contributed by atoms with E-state index < -0.39 is 5.56 Å². The molecule has 0 aliphatic rings. The van der Waals surface area contributed by atoms with Crippen LogP contribution in [0.2, 0.25) is 10.0 Å².